The lowest BCUT2D eigenvalue weighted by Crippen LogP contribution is -2.17. The van der Waals surface area contributed by atoms with Crippen molar-refractivity contribution in [2.45, 2.75) is 13.8 Å². The quantitative estimate of drug-likeness (QED) is 0.224. The van der Waals surface area contributed by atoms with Gasteiger partial charge >= 0.3 is 0 Å². The second-order valence-corrected chi connectivity index (χ2v) is 8.15. The first-order chi connectivity index (χ1) is 14.0. The summed E-state index contributed by atoms with van der Waals surface area (Å²) in [4.78, 5) is 12.5. The molecule has 3 aromatic carbocycles. The number of rotatable bonds is 4. The summed E-state index contributed by atoms with van der Waals surface area (Å²) in [6, 6.07) is 24.0. The molecule has 0 spiro atoms. The van der Waals surface area contributed by atoms with Crippen LogP contribution in [0, 0.1) is 17.4 Å². The number of hydrogen-bond acceptors (Lipinski definition) is 2. The summed E-state index contributed by atoms with van der Waals surface area (Å²) < 4.78 is 3.37. The summed E-state index contributed by atoms with van der Waals surface area (Å²) >= 11 is 2.32. The van der Waals surface area contributed by atoms with Gasteiger partial charge in [0.2, 0.25) is 0 Å². The fraction of sp³-hybridized carbons (Fsp3) is 0.0833. The fourth-order valence-corrected chi connectivity index (χ4v) is 4.01. The Balaban J connectivity index is 1.53. The second-order valence-electron chi connectivity index (χ2n) is 6.90. The molecular formula is C24H20IN3O. The lowest BCUT2D eigenvalue weighted by atomic mass is 10.1. The van der Waals surface area contributed by atoms with Gasteiger partial charge in [0, 0.05) is 31.8 Å². The van der Waals surface area contributed by atoms with E-state index in [-0.39, 0.29) is 5.91 Å². The first kappa shape index (κ1) is 19.4. The molecule has 0 aliphatic heterocycles. The number of carbonyl (C=O) groups excluding carboxylic acids is 1. The molecule has 1 N–H and O–H groups in total. The smallest absolute Gasteiger partial charge is 0.271 e. The van der Waals surface area contributed by atoms with E-state index in [1.165, 1.54) is 3.57 Å². The molecule has 0 aliphatic rings. The highest BCUT2D eigenvalue weighted by atomic mass is 127. The van der Waals surface area contributed by atoms with Crippen LogP contribution in [0.1, 0.15) is 27.3 Å². The molecule has 1 heterocycles. The third-order valence-electron chi connectivity index (χ3n) is 4.92. The minimum atomic E-state index is -0.224. The molecule has 0 saturated heterocycles. The highest BCUT2D eigenvalue weighted by Crippen LogP contribution is 2.21. The van der Waals surface area contributed by atoms with Crippen LogP contribution in [-0.2, 0) is 0 Å². The highest BCUT2D eigenvalue weighted by molar-refractivity contribution is 14.1. The van der Waals surface area contributed by atoms with Gasteiger partial charge in [-0.05, 0) is 83.6 Å². The van der Waals surface area contributed by atoms with Crippen molar-refractivity contribution in [2.24, 2.45) is 5.10 Å². The van der Waals surface area contributed by atoms with Crippen LogP contribution < -0.4 is 5.43 Å². The van der Waals surface area contributed by atoms with Crippen molar-refractivity contribution >= 4 is 45.5 Å². The van der Waals surface area contributed by atoms with E-state index in [0.29, 0.717) is 5.56 Å². The predicted molar refractivity (Wildman–Crippen MR) is 127 cm³/mol. The van der Waals surface area contributed by atoms with Crippen LogP contribution in [0.4, 0.5) is 0 Å². The van der Waals surface area contributed by atoms with Gasteiger partial charge in [0.15, 0.2) is 0 Å². The average Bonchev–Trinajstić information content (AvgIpc) is 3.00. The van der Waals surface area contributed by atoms with E-state index in [9.17, 15) is 4.79 Å². The molecule has 0 radical (unpaired) electrons. The van der Waals surface area contributed by atoms with Crippen LogP contribution in [0.25, 0.3) is 16.5 Å². The Labute approximate surface area is 183 Å². The van der Waals surface area contributed by atoms with Gasteiger partial charge < -0.3 is 4.57 Å². The number of nitrogens with one attached hydrogen (secondary N) is 1. The highest BCUT2D eigenvalue weighted by Gasteiger charge is 2.10. The van der Waals surface area contributed by atoms with E-state index >= 15 is 0 Å². The van der Waals surface area contributed by atoms with Crippen LogP contribution in [-0.4, -0.2) is 16.7 Å². The van der Waals surface area contributed by atoms with Gasteiger partial charge in [-0.2, -0.15) is 5.10 Å². The molecule has 0 atom stereocenters. The van der Waals surface area contributed by atoms with Crippen LogP contribution in [0.5, 0.6) is 0 Å². The Bertz CT molecular complexity index is 1240. The first-order valence-electron chi connectivity index (χ1n) is 9.30. The minimum Gasteiger partial charge on any atom is -0.318 e. The maximum atomic E-state index is 12.5. The van der Waals surface area contributed by atoms with Crippen molar-refractivity contribution in [3.8, 4) is 5.69 Å². The molecule has 4 nitrogen and oxygen atoms in total. The Morgan fingerprint density at radius 1 is 0.966 bits per heavy atom. The number of carbonyl (C=O) groups is 1. The third kappa shape index (κ3) is 4.10. The van der Waals surface area contributed by atoms with E-state index in [1.54, 1.807) is 6.21 Å². The van der Waals surface area contributed by atoms with Gasteiger partial charge in [0.25, 0.3) is 5.91 Å². The monoisotopic (exact) mass is 493 g/mol. The topological polar surface area (TPSA) is 46.4 Å². The number of aromatic nitrogens is 1. The summed E-state index contributed by atoms with van der Waals surface area (Å²) in [7, 11) is 0. The molecule has 4 aromatic rings. The van der Waals surface area contributed by atoms with Crippen molar-refractivity contribution in [3.05, 3.63) is 98.9 Å². The van der Waals surface area contributed by atoms with Crippen molar-refractivity contribution in [3.63, 3.8) is 0 Å². The van der Waals surface area contributed by atoms with Crippen LogP contribution in [0.15, 0.2) is 77.9 Å². The Hall–Kier alpha value is -2.93. The van der Waals surface area contributed by atoms with Crippen molar-refractivity contribution in [1.82, 2.24) is 9.99 Å². The van der Waals surface area contributed by atoms with E-state index in [4.69, 9.17) is 0 Å². The zero-order valence-corrected chi connectivity index (χ0v) is 18.3. The standard InChI is InChI=1S/C24H20IN3O/c1-16-12-21(17(2)28(16)23-9-5-8-22(25)14-23)15-26-27-24(29)20-11-10-18-6-3-4-7-19(18)13-20/h3-15H,1-2H3,(H,27,29)/b26-15+. The number of benzene rings is 3. The summed E-state index contributed by atoms with van der Waals surface area (Å²) in [6.07, 6.45) is 1.70. The van der Waals surface area contributed by atoms with E-state index < -0.39 is 0 Å². The summed E-state index contributed by atoms with van der Waals surface area (Å²) in [5, 5.41) is 6.32. The van der Waals surface area contributed by atoms with E-state index in [0.717, 1.165) is 33.4 Å². The molecule has 0 fully saturated rings. The Kier molecular flexibility index (Phi) is 5.49. The van der Waals surface area contributed by atoms with Crippen molar-refractivity contribution in [1.29, 1.82) is 0 Å². The number of nitrogens with zero attached hydrogens (tertiary/aromatic N) is 2. The summed E-state index contributed by atoms with van der Waals surface area (Å²) in [5.74, 6) is -0.224. The molecule has 1 aromatic heterocycles. The Morgan fingerprint density at radius 3 is 2.55 bits per heavy atom. The number of aryl methyl sites for hydroxylation is 1. The number of hydrazone groups is 1. The zero-order valence-electron chi connectivity index (χ0n) is 16.2. The van der Waals surface area contributed by atoms with Gasteiger partial charge in [-0.15, -0.1) is 0 Å². The second kappa shape index (κ2) is 8.21. The van der Waals surface area contributed by atoms with Gasteiger partial charge in [0.1, 0.15) is 0 Å². The summed E-state index contributed by atoms with van der Waals surface area (Å²) in [5.41, 5.74) is 7.51. The predicted octanol–water partition coefficient (Wildman–Crippen LogP) is 5.62. The minimum absolute atomic E-state index is 0.224. The van der Waals surface area contributed by atoms with E-state index in [2.05, 4.69) is 75.8 Å². The Morgan fingerprint density at radius 2 is 1.76 bits per heavy atom. The maximum absolute atomic E-state index is 12.5. The van der Waals surface area contributed by atoms with E-state index in [1.807, 2.05) is 48.5 Å². The molecule has 0 unspecified atom stereocenters. The molecular weight excluding hydrogens is 473 g/mol. The average molecular weight is 493 g/mol. The number of hydrogen-bond donors (Lipinski definition) is 1. The number of halogens is 1. The van der Waals surface area contributed by atoms with Crippen LogP contribution in [0.2, 0.25) is 0 Å². The lowest BCUT2D eigenvalue weighted by molar-refractivity contribution is 0.0955. The normalized spacial score (nSPS) is 11.3. The third-order valence-corrected chi connectivity index (χ3v) is 5.59. The first-order valence-corrected chi connectivity index (χ1v) is 10.4. The van der Waals surface area contributed by atoms with Crippen molar-refractivity contribution < 1.29 is 4.79 Å². The SMILES string of the molecule is Cc1cc(/C=N/NC(=O)c2ccc3ccccc3c2)c(C)n1-c1cccc(I)c1. The zero-order chi connectivity index (χ0) is 20.4. The lowest BCUT2D eigenvalue weighted by Gasteiger charge is -2.09. The van der Waals surface area contributed by atoms with Crippen molar-refractivity contribution in [2.75, 3.05) is 0 Å². The summed E-state index contributed by atoms with van der Waals surface area (Å²) in [6.45, 7) is 4.12. The molecule has 4 rings (SSSR count). The molecule has 0 aliphatic carbocycles. The van der Waals surface area contributed by atoms with Crippen LogP contribution in [0.3, 0.4) is 0 Å². The fourth-order valence-electron chi connectivity index (χ4n) is 3.49. The number of amides is 1. The van der Waals surface area contributed by atoms with Gasteiger partial charge in [-0.3, -0.25) is 4.79 Å². The molecule has 0 saturated carbocycles. The van der Waals surface area contributed by atoms with Crippen LogP contribution >= 0.6 is 22.6 Å². The largest absolute Gasteiger partial charge is 0.318 e. The number of fused-ring (bicyclic) bond motifs is 1. The molecule has 1 amide bonds. The molecule has 144 valence electrons. The maximum Gasteiger partial charge on any atom is 0.271 e. The van der Waals surface area contributed by atoms with Gasteiger partial charge in [-0.25, -0.2) is 5.43 Å². The molecule has 0 bridgehead atoms. The molecule has 29 heavy (non-hydrogen) atoms. The van der Waals surface area contributed by atoms with Gasteiger partial charge in [0.05, 0.1) is 6.21 Å². The molecule has 5 heteroatoms. The van der Waals surface area contributed by atoms with Gasteiger partial charge in [-0.1, -0.05) is 36.4 Å².